The Labute approximate surface area is 164 Å². The highest BCUT2D eigenvalue weighted by atomic mass is 14.2. The average Bonchev–Trinajstić information content (AvgIpc) is 2.68. The quantitative estimate of drug-likeness (QED) is 0.190. The van der Waals surface area contributed by atoms with Gasteiger partial charge in [-0.25, -0.2) is 0 Å². The van der Waals surface area contributed by atoms with Crippen LogP contribution >= 0.6 is 0 Å². The first-order chi connectivity index (χ1) is 13.5. The summed E-state index contributed by atoms with van der Waals surface area (Å²) in [4.78, 5) is 0. The number of aryl methyl sites for hydroxylation is 4. The van der Waals surface area contributed by atoms with Gasteiger partial charge in [0.25, 0.3) is 0 Å². The van der Waals surface area contributed by atoms with Crippen molar-refractivity contribution in [2.45, 2.75) is 27.7 Å². The van der Waals surface area contributed by atoms with E-state index in [1.807, 2.05) is 0 Å². The fraction of sp³-hybridized carbons (Fsp3) is 0.143. The first-order valence-corrected chi connectivity index (χ1v) is 10.0. The van der Waals surface area contributed by atoms with Crippen molar-refractivity contribution >= 4 is 53.9 Å². The fourth-order valence-corrected chi connectivity index (χ4v) is 5.28. The predicted octanol–water partition coefficient (Wildman–Crippen LogP) is 8.12. The van der Waals surface area contributed by atoms with Crippen molar-refractivity contribution < 1.29 is 0 Å². The van der Waals surface area contributed by atoms with Gasteiger partial charge >= 0.3 is 0 Å². The minimum absolute atomic E-state index is 1.32. The van der Waals surface area contributed by atoms with Crippen LogP contribution in [-0.4, -0.2) is 0 Å². The van der Waals surface area contributed by atoms with E-state index >= 15 is 0 Å². The van der Waals surface area contributed by atoms with E-state index in [-0.39, 0.29) is 0 Å². The van der Waals surface area contributed by atoms with Gasteiger partial charge in [0, 0.05) is 0 Å². The summed E-state index contributed by atoms with van der Waals surface area (Å²) in [6.45, 7) is 8.90. The zero-order valence-corrected chi connectivity index (χ0v) is 16.8. The summed E-state index contributed by atoms with van der Waals surface area (Å²) in [5, 5.41) is 14.0. The second-order valence-corrected chi connectivity index (χ2v) is 8.46. The van der Waals surface area contributed by atoms with Crippen LogP contribution in [0.15, 0.2) is 60.7 Å². The molecule has 0 atom stereocenters. The number of hydrogen-bond donors (Lipinski definition) is 0. The molecule has 6 aromatic carbocycles. The van der Waals surface area contributed by atoms with Crippen LogP contribution in [0.5, 0.6) is 0 Å². The second-order valence-electron chi connectivity index (χ2n) is 8.46. The number of fused-ring (bicyclic) bond motifs is 6. The molecule has 0 radical (unpaired) electrons. The molecule has 0 heterocycles. The summed E-state index contributed by atoms with van der Waals surface area (Å²) in [6, 6.07) is 23.1. The molecule has 28 heavy (non-hydrogen) atoms. The van der Waals surface area contributed by atoms with Crippen molar-refractivity contribution in [3.05, 3.63) is 82.9 Å². The molecule has 0 unspecified atom stereocenters. The minimum Gasteiger partial charge on any atom is -0.0587 e. The molecular formula is C28H22. The molecule has 134 valence electrons. The maximum absolute atomic E-state index is 2.37. The Morgan fingerprint density at radius 2 is 0.750 bits per heavy atom. The van der Waals surface area contributed by atoms with Gasteiger partial charge < -0.3 is 0 Å². The number of rotatable bonds is 0. The van der Waals surface area contributed by atoms with Gasteiger partial charge in [0.05, 0.1) is 0 Å². The Hall–Kier alpha value is -3.12. The minimum atomic E-state index is 1.32. The van der Waals surface area contributed by atoms with Crippen LogP contribution < -0.4 is 0 Å². The van der Waals surface area contributed by atoms with E-state index in [2.05, 4.69) is 88.4 Å². The molecule has 0 saturated heterocycles. The molecular weight excluding hydrogens is 336 g/mol. The van der Waals surface area contributed by atoms with Crippen LogP contribution in [0.25, 0.3) is 53.9 Å². The Morgan fingerprint density at radius 3 is 1.18 bits per heavy atom. The third-order valence-corrected chi connectivity index (χ3v) is 6.55. The van der Waals surface area contributed by atoms with E-state index in [1.165, 1.54) is 76.1 Å². The van der Waals surface area contributed by atoms with E-state index in [4.69, 9.17) is 0 Å². The lowest BCUT2D eigenvalue weighted by molar-refractivity contribution is 1.50. The standard InChI is InChI=1S/C28H22/c1-15-5-9-19-21-11-8-18(4)26-24-14-16(2)6-10-20(24)22-12-7-17(3)25(23(19)13-15)27(22)28(21)26/h5-14H,1-4H3. The van der Waals surface area contributed by atoms with Crippen molar-refractivity contribution in [3.8, 4) is 0 Å². The average molecular weight is 358 g/mol. The summed E-state index contributed by atoms with van der Waals surface area (Å²) in [7, 11) is 0. The summed E-state index contributed by atoms with van der Waals surface area (Å²) in [6.07, 6.45) is 0. The lowest BCUT2D eigenvalue weighted by atomic mass is 9.83. The van der Waals surface area contributed by atoms with Crippen molar-refractivity contribution in [1.82, 2.24) is 0 Å². The molecule has 0 nitrogen and oxygen atoms in total. The maximum atomic E-state index is 2.37. The van der Waals surface area contributed by atoms with Crippen molar-refractivity contribution in [3.63, 3.8) is 0 Å². The first-order valence-electron chi connectivity index (χ1n) is 10.0. The highest BCUT2D eigenvalue weighted by molar-refractivity contribution is 6.40. The molecule has 0 N–H and O–H groups in total. The zero-order valence-electron chi connectivity index (χ0n) is 16.8. The lowest BCUT2D eigenvalue weighted by Crippen LogP contribution is -1.93. The Balaban J connectivity index is 2.13. The van der Waals surface area contributed by atoms with Gasteiger partial charge in [0.2, 0.25) is 0 Å². The highest BCUT2D eigenvalue weighted by Crippen LogP contribution is 2.46. The molecule has 0 fully saturated rings. The SMILES string of the molecule is Cc1ccc2c(c1)c1c(C)ccc3c4ccc(C)cc4c4c(C)ccc2c4c31. The Kier molecular flexibility index (Phi) is 2.97. The molecule has 0 bridgehead atoms. The van der Waals surface area contributed by atoms with Crippen molar-refractivity contribution in [1.29, 1.82) is 0 Å². The third kappa shape index (κ3) is 1.85. The molecule has 0 aliphatic rings. The van der Waals surface area contributed by atoms with Crippen LogP contribution in [0.2, 0.25) is 0 Å². The normalized spacial score (nSPS) is 12.3. The van der Waals surface area contributed by atoms with Gasteiger partial charge in [0.1, 0.15) is 0 Å². The van der Waals surface area contributed by atoms with Gasteiger partial charge in [-0.3, -0.25) is 0 Å². The molecule has 0 aliphatic heterocycles. The fourth-order valence-electron chi connectivity index (χ4n) is 5.28. The van der Waals surface area contributed by atoms with Crippen LogP contribution in [0.3, 0.4) is 0 Å². The molecule has 6 rings (SSSR count). The van der Waals surface area contributed by atoms with E-state index in [9.17, 15) is 0 Å². The van der Waals surface area contributed by atoms with Crippen LogP contribution in [0.1, 0.15) is 22.3 Å². The monoisotopic (exact) mass is 358 g/mol. The molecule has 0 aromatic heterocycles. The first kappa shape index (κ1) is 15.9. The topological polar surface area (TPSA) is 0 Å². The van der Waals surface area contributed by atoms with E-state index < -0.39 is 0 Å². The summed E-state index contributed by atoms with van der Waals surface area (Å²) in [5.74, 6) is 0. The second kappa shape index (κ2) is 5.23. The van der Waals surface area contributed by atoms with E-state index in [0.717, 1.165) is 0 Å². The Bertz CT molecular complexity index is 1460. The lowest BCUT2D eigenvalue weighted by Gasteiger charge is -2.20. The predicted molar refractivity (Wildman–Crippen MR) is 124 cm³/mol. The summed E-state index contributed by atoms with van der Waals surface area (Å²) >= 11 is 0. The Morgan fingerprint density at radius 1 is 0.357 bits per heavy atom. The van der Waals surface area contributed by atoms with Gasteiger partial charge in [-0.15, -0.1) is 0 Å². The van der Waals surface area contributed by atoms with Crippen molar-refractivity contribution in [2.24, 2.45) is 0 Å². The molecule has 0 aliphatic carbocycles. The van der Waals surface area contributed by atoms with Gasteiger partial charge in [-0.05, 0) is 92.7 Å². The van der Waals surface area contributed by atoms with Crippen LogP contribution in [0, 0.1) is 27.7 Å². The van der Waals surface area contributed by atoms with Gasteiger partial charge in [-0.2, -0.15) is 0 Å². The molecule has 0 amide bonds. The molecule has 0 saturated carbocycles. The van der Waals surface area contributed by atoms with Crippen LogP contribution in [-0.2, 0) is 0 Å². The van der Waals surface area contributed by atoms with Gasteiger partial charge in [0.15, 0.2) is 0 Å². The maximum Gasteiger partial charge on any atom is -0.00111 e. The molecule has 0 heteroatoms. The number of benzene rings is 6. The van der Waals surface area contributed by atoms with Crippen molar-refractivity contribution in [2.75, 3.05) is 0 Å². The van der Waals surface area contributed by atoms with Crippen LogP contribution in [0.4, 0.5) is 0 Å². The number of hydrogen-bond acceptors (Lipinski definition) is 0. The molecule has 0 spiro atoms. The van der Waals surface area contributed by atoms with Gasteiger partial charge in [-0.1, -0.05) is 71.8 Å². The highest BCUT2D eigenvalue weighted by Gasteiger charge is 2.19. The summed E-state index contributed by atoms with van der Waals surface area (Å²) in [5.41, 5.74) is 5.36. The summed E-state index contributed by atoms with van der Waals surface area (Å²) < 4.78 is 0. The third-order valence-electron chi connectivity index (χ3n) is 6.55. The van der Waals surface area contributed by atoms with E-state index in [0.29, 0.717) is 0 Å². The largest absolute Gasteiger partial charge is 0.0587 e. The zero-order chi connectivity index (χ0) is 19.2. The molecule has 6 aromatic rings. The smallest absolute Gasteiger partial charge is 0.00111 e. The van der Waals surface area contributed by atoms with E-state index in [1.54, 1.807) is 0 Å².